The highest BCUT2D eigenvalue weighted by Crippen LogP contribution is 2.13. The number of sulfonamides is 1. The van der Waals surface area contributed by atoms with Gasteiger partial charge >= 0.3 is 0 Å². The number of benzene rings is 1. The van der Waals surface area contributed by atoms with Crippen LogP contribution in [0.2, 0.25) is 0 Å². The van der Waals surface area contributed by atoms with E-state index in [2.05, 4.69) is 4.72 Å². The Labute approximate surface area is 121 Å². The van der Waals surface area contributed by atoms with Crippen LogP contribution in [-0.4, -0.2) is 56.7 Å². The fourth-order valence-electron chi connectivity index (χ4n) is 1.64. The zero-order chi connectivity index (χ0) is 16.0. The van der Waals surface area contributed by atoms with Crippen LogP contribution in [0.25, 0.3) is 0 Å². The Hall–Kier alpha value is -1.74. The van der Waals surface area contributed by atoms with Gasteiger partial charge in [-0.3, -0.25) is 9.52 Å². The van der Waals surface area contributed by atoms with Gasteiger partial charge in [-0.1, -0.05) is 0 Å². The molecule has 2 N–H and O–H groups in total. The molecule has 0 aliphatic heterocycles. The van der Waals surface area contributed by atoms with E-state index in [4.69, 9.17) is 5.11 Å². The fourth-order valence-corrected chi connectivity index (χ4v) is 2.20. The summed E-state index contributed by atoms with van der Waals surface area (Å²) in [5.74, 6) is -0.657. The number of carbonyl (C=O) groups excluding carboxylic acids is 1. The maximum absolute atomic E-state index is 12.4. The molecular formula is C12H16F2N2O4S. The van der Waals surface area contributed by atoms with E-state index in [9.17, 15) is 22.0 Å². The Morgan fingerprint density at radius 1 is 1.33 bits per heavy atom. The lowest BCUT2D eigenvalue weighted by Crippen LogP contribution is -2.37. The van der Waals surface area contributed by atoms with E-state index in [-0.39, 0.29) is 17.8 Å². The average molecular weight is 322 g/mol. The minimum absolute atomic E-state index is 0.128. The molecule has 0 fully saturated rings. The maximum Gasteiger partial charge on any atom is 0.255 e. The molecule has 0 radical (unpaired) electrons. The van der Waals surface area contributed by atoms with Gasteiger partial charge in [0.25, 0.3) is 12.3 Å². The lowest BCUT2D eigenvalue weighted by Gasteiger charge is -2.21. The number of nitrogens with zero attached hydrogens (tertiary/aromatic N) is 1. The van der Waals surface area contributed by atoms with Crippen molar-refractivity contribution in [2.75, 3.05) is 30.7 Å². The molecule has 1 rings (SSSR count). The second-order valence-electron chi connectivity index (χ2n) is 4.32. The van der Waals surface area contributed by atoms with Crippen LogP contribution in [-0.2, 0) is 10.0 Å². The summed E-state index contributed by atoms with van der Waals surface area (Å²) in [6, 6.07) is 5.36. The van der Waals surface area contributed by atoms with Gasteiger partial charge in [0.05, 0.1) is 19.4 Å². The van der Waals surface area contributed by atoms with Crippen LogP contribution in [0.5, 0.6) is 0 Å². The molecule has 9 heteroatoms. The predicted octanol–water partition coefficient (Wildman–Crippen LogP) is 0.758. The van der Waals surface area contributed by atoms with Gasteiger partial charge < -0.3 is 10.0 Å². The van der Waals surface area contributed by atoms with Gasteiger partial charge in [0.15, 0.2) is 0 Å². The van der Waals surface area contributed by atoms with Gasteiger partial charge in [0, 0.05) is 17.8 Å². The third-order valence-corrected chi connectivity index (χ3v) is 3.06. The quantitative estimate of drug-likeness (QED) is 0.776. The summed E-state index contributed by atoms with van der Waals surface area (Å²) in [4.78, 5) is 12.8. The molecule has 1 aromatic rings. The first-order chi connectivity index (χ1) is 9.73. The molecule has 118 valence electrons. The molecule has 6 nitrogen and oxygen atoms in total. The van der Waals surface area contributed by atoms with Crippen molar-refractivity contribution in [2.45, 2.75) is 6.43 Å². The molecule has 0 spiro atoms. The van der Waals surface area contributed by atoms with Gasteiger partial charge in [-0.05, 0) is 24.3 Å². The lowest BCUT2D eigenvalue weighted by molar-refractivity contribution is 0.0509. The van der Waals surface area contributed by atoms with Crippen LogP contribution in [0.4, 0.5) is 14.5 Å². The first-order valence-corrected chi connectivity index (χ1v) is 7.88. The van der Waals surface area contributed by atoms with Crippen LogP contribution in [0.1, 0.15) is 10.4 Å². The number of halogens is 2. The average Bonchev–Trinajstić information content (AvgIpc) is 2.36. The summed E-state index contributed by atoms with van der Waals surface area (Å²) < 4.78 is 49.1. The third-order valence-electron chi connectivity index (χ3n) is 2.45. The van der Waals surface area contributed by atoms with Crippen molar-refractivity contribution in [3.05, 3.63) is 29.8 Å². The highest BCUT2D eigenvalue weighted by Gasteiger charge is 2.19. The topological polar surface area (TPSA) is 86.7 Å². The summed E-state index contributed by atoms with van der Waals surface area (Å²) in [5, 5.41) is 8.80. The van der Waals surface area contributed by atoms with E-state index in [1.165, 1.54) is 24.3 Å². The zero-order valence-electron chi connectivity index (χ0n) is 11.3. The minimum atomic E-state index is -3.43. The summed E-state index contributed by atoms with van der Waals surface area (Å²) in [5.41, 5.74) is 0.389. The highest BCUT2D eigenvalue weighted by molar-refractivity contribution is 7.92. The number of nitrogens with one attached hydrogen (secondary N) is 1. The predicted molar refractivity (Wildman–Crippen MR) is 73.9 cm³/mol. The molecule has 0 saturated carbocycles. The number of aliphatic hydroxyl groups is 1. The van der Waals surface area contributed by atoms with Crippen LogP contribution >= 0.6 is 0 Å². The normalized spacial score (nSPS) is 11.5. The number of anilines is 1. The van der Waals surface area contributed by atoms with E-state index in [0.29, 0.717) is 0 Å². The number of amides is 1. The molecule has 0 aromatic heterocycles. The number of aliphatic hydroxyl groups excluding tert-OH is 1. The van der Waals surface area contributed by atoms with Crippen molar-refractivity contribution in [3.63, 3.8) is 0 Å². The summed E-state index contributed by atoms with van der Waals surface area (Å²) in [6.07, 6.45) is -1.72. The Kier molecular flexibility index (Phi) is 6.03. The number of carbonyl (C=O) groups is 1. The third kappa shape index (κ3) is 6.05. The number of hydrogen-bond acceptors (Lipinski definition) is 4. The fraction of sp³-hybridized carbons (Fsp3) is 0.417. The number of alkyl halides is 2. The van der Waals surface area contributed by atoms with E-state index < -0.39 is 35.5 Å². The van der Waals surface area contributed by atoms with Crippen LogP contribution in [0.15, 0.2) is 24.3 Å². The largest absolute Gasteiger partial charge is 0.395 e. The molecule has 0 unspecified atom stereocenters. The lowest BCUT2D eigenvalue weighted by atomic mass is 10.2. The summed E-state index contributed by atoms with van der Waals surface area (Å²) in [6.45, 7) is -1.40. The zero-order valence-corrected chi connectivity index (χ0v) is 12.1. The van der Waals surface area contributed by atoms with Gasteiger partial charge in [-0.15, -0.1) is 0 Å². The Bertz CT molecular complexity index is 575. The van der Waals surface area contributed by atoms with Gasteiger partial charge in [-0.25, -0.2) is 17.2 Å². The molecule has 0 atom stereocenters. The Balaban J connectivity index is 2.86. The molecule has 1 aromatic carbocycles. The van der Waals surface area contributed by atoms with Gasteiger partial charge in [0.1, 0.15) is 0 Å². The summed E-state index contributed by atoms with van der Waals surface area (Å²) >= 11 is 0. The molecule has 1 amide bonds. The second-order valence-corrected chi connectivity index (χ2v) is 6.07. The maximum atomic E-state index is 12.4. The van der Waals surface area contributed by atoms with Gasteiger partial charge in [0.2, 0.25) is 10.0 Å². The van der Waals surface area contributed by atoms with E-state index in [0.717, 1.165) is 11.2 Å². The van der Waals surface area contributed by atoms with Gasteiger partial charge in [-0.2, -0.15) is 0 Å². The summed E-state index contributed by atoms with van der Waals surface area (Å²) in [7, 11) is -3.43. The molecule has 0 aliphatic carbocycles. The van der Waals surface area contributed by atoms with E-state index in [1.54, 1.807) is 0 Å². The first-order valence-electron chi connectivity index (χ1n) is 5.99. The molecule has 0 heterocycles. The first kappa shape index (κ1) is 17.3. The Morgan fingerprint density at radius 2 is 1.90 bits per heavy atom. The van der Waals surface area contributed by atoms with Crippen molar-refractivity contribution in [2.24, 2.45) is 0 Å². The smallest absolute Gasteiger partial charge is 0.255 e. The number of rotatable bonds is 7. The van der Waals surface area contributed by atoms with Crippen molar-refractivity contribution < 1.29 is 27.1 Å². The van der Waals surface area contributed by atoms with E-state index >= 15 is 0 Å². The van der Waals surface area contributed by atoms with Crippen molar-refractivity contribution in [3.8, 4) is 0 Å². The SMILES string of the molecule is CS(=O)(=O)Nc1ccc(C(=O)N(CCO)CC(F)F)cc1. The van der Waals surface area contributed by atoms with Crippen LogP contribution in [0.3, 0.4) is 0 Å². The molecule has 0 bridgehead atoms. The second kappa shape index (κ2) is 7.32. The molecule has 21 heavy (non-hydrogen) atoms. The number of hydrogen-bond donors (Lipinski definition) is 2. The standard InChI is InChI=1S/C12H16F2N2O4S/c1-21(19,20)15-10-4-2-9(3-5-10)12(18)16(6-7-17)8-11(13)14/h2-5,11,15,17H,6-8H2,1H3. The molecular weight excluding hydrogens is 306 g/mol. The minimum Gasteiger partial charge on any atom is -0.395 e. The van der Waals surface area contributed by atoms with Crippen molar-refractivity contribution >= 4 is 21.6 Å². The van der Waals surface area contributed by atoms with Crippen LogP contribution in [0, 0.1) is 0 Å². The van der Waals surface area contributed by atoms with Crippen LogP contribution < -0.4 is 4.72 Å². The van der Waals surface area contributed by atoms with Crippen molar-refractivity contribution in [1.29, 1.82) is 0 Å². The van der Waals surface area contributed by atoms with Crippen molar-refractivity contribution in [1.82, 2.24) is 4.90 Å². The highest BCUT2D eigenvalue weighted by atomic mass is 32.2. The van der Waals surface area contributed by atoms with E-state index in [1.807, 2.05) is 0 Å². The monoisotopic (exact) mass is 322 g/mol. The molecule has 0 aliphatic rings. The molecule has 0 saturated heterocycles. The Morgan fingerprint density at radius 3 is 2.33 bits per heavy atom.